The van der Waals surface area contributed by atoms with Gasteiger partial charge in [-0.05, 0) is 35.2 Å². The lowest BCUT2D eigenvalue weighted by Gasteiger charge is -2.17. The number of alkyl halides is 1. The predicted molar refractivity (Wildman–Crippen MR) is 75.8 cm³/mol. The number of nitrogens with one attached hydrogen (secondary N) is 1. The van der Waals surface area contributed by atoms with Gasteiger partial charge in [0.25, 0.3) is 0 Å². The molecule has 0 aliphatic heterocycles. The third-order valence-corrected chi connectivity index (χ3v) is 3.99. The van der Waals surface area contributed by atoms with Gasteiger partial charge in [0.15, 0.2) is 0 Å². The summed E-state index contributed by atoms with van der Waals surface area (Å²) in [4.78, 5) is 0. The molecule has 0 aromatic heterocycles. The molecule has 3 heteroatoms. The van der Waals surface area contributed by atoms with Gasteiger partial charge in [0.1, 0.15) is 5.82 Å². The van der Waals surface area contributed by atoms with Crippen molar-refractivity contribution in [3.63, 3.8) is 0 Å². The van der Waals surface area contributed by atoms with Crippen molar-refractivity contribution in [3.8, 4) is 0 Å². The van der Waals surface area contributed by atoms with Crippen molar-refractivity contribution < 1.29 is 4.39 Å². The lowest BCUT2D eigenvalue weighted by atomic mass is 10.1. The highest BCUT2D eigenvalue weighted by Crippen LogP contribution is 2.34. The molecule has 1 aliphatic carbocycles. The number of halogens is 2. The molecule has 2 aromatic rings. The van der Waals surface area contributed by atoms with E-state index in [1.54, 1.807) is 12.1 Å². The molecule has 2 unspecified atom stereocenters. The van der Waals surface area contributed by atoms with Crippen molar-refractivity contribution >= 4 is 11.6 Å². The molecule has 0 amide bonds. The first-order valence-corrected chi connectivity index (χ1v) is 6.87. The van der Waals surface area contributed by atoms with Gasteiger partial charge >= 0.3 is 0 Å². The van der Waals surface area contributed by atoms with Gasteiger partial charge in [-0.25, -0.2) is 4.39 Å². The fraction of sp³-hybridized carbons (Fsp3) is 0.250. The summed E-state index contributed by atoms with van der Waals surface area (Å²) in [7, 11) is 0. The predicted octanol–water partition coefficient (Wildman–Crippen LogP) is 3.82. The molecule has 0 saturated heterocycles. The summed E-state index contributed by atoms with van der Waals surface area (Å²) < 4.78 is 13.1. The van der Waals surface area contributed by atoms with Crippen LogP contribution in [-0.2, 0) is 13.0 Å². The zero-order valence-electron chi connectivity index (χ0n) is 10.4. The zero-order chi connectivity index (χ0) is 13.2. The quantitative estimate of drug-likeness (QED) is 0.840. The number of benzene rings is 2. The molecule has 0 heterocycles. The first kappa shape index (κ1) is 12.6. The zero-order valence-corrected chi connectivity index (χ0v) is 11.2. The number of hydrogen-bond acceptors (Lipinski definition) is 1. The van der Waals surface area contributed by atoms with Crippen molar-refractivity contribution in [1.29, 1.82) is 0 Å². The normalized spacial score (nSPS) is 21.4. The fourth-order valence-corrected chi connectivity index (χ4v) is 3.05. The molecule has 0 spiro atoms. The van der Waals surface area contributed by atoms with E-state index in [2.05, 4.69) is 17.4 Å². The summed E-state index contributed by atoms with van der Waals surface area (Å²) in [6, 6.07) is 15.1. The molecular formula is C16H15ClFN. The van der Waals surface area contributed by atoms with Crippen LogP contribution in [0.3, 0.4) is 0 Å². The van der Waals surface area contributed by atoms with Gasteiger partial charge in [-0.15, -0.1) is 11.6 Å². The van der Waals surface area contributed by atoms with Crippen LogP contribution in [0.4, 0.5) is 4.39 Å². The molecule has 0 fully saturated rings. The second-order valence-electron chi connectivity index (χ2n) is 4.91. The molecule has 0 radical (unpaired) electrons. The van der Waals surface area contributed by atoms with E-state index in [1.165, 1.54) is 17.2 Å². The van der Waals surface area contributed by atoms with Crippen LogP contribution in [0.5, 0.6) is 0 Å². The molecule has 2 aromatic carbocycles. The monoisotopic (exact) mass is 275 g/mol. The van der Waals surface area contributed by atoms with Crippen molar-refractivity contribution in [2.75, 3.05) is 0 Å². The summed E-state index contributed by atoms with van der Waals surface area (Å²) in [5, 5.41) is 3.49. The van der Waals surface area contributed by atoms with E-state index in [-0.39, 0.29) is 17.2 Å². The third kappa shape index (κ3) is 2.65. The van der Waals surface area contributed by atoms with E-state index in [4.69, 9.17) is 11.6 Å². The number of fused-ring (bicyclic) bond motifs is 1. The maximum absolute atomic E-state index is 13.1. The molecule has 19 heavy (non-hydrogen) atoms. The summed E-state index contributed by atoms with van der Waals surface area (Å²) in [5.74, 6) is -0.200. The van der Waals surface area contributed by atoms with Crippen LogP contribution in [0.15, 0.2) is 48.5 Å². The summed E-state index contributed by atoms with van der Waals surface area (Å²) in [5.41, 5.74) is 3.51. The topological polar surface area (TPSA) is 12.0 Å². The van der Waals surface area contributed by atoms with Crippen molar-refractivity contribution in [3.05, 3.63) is 71.0 Å². The van der Waals surface area contributed by atoms with Crippen LogP contribution in [0, 0.1) is 5.82 Å². The van der Waals surface area contributed by atoms with Crippen molar-refractivity contribution in [2.24, 2.45) is 0 Å². The maximum atomic E-state index is 13.1. The largest absolute Gasteiger partial charge is 0.305 e. The van der Waals surface area contributed by atoms with Crippen LogP contribution < -0.4 is 5.32 Å². The second-order valence-corrected chi connectivity index (χ2v) is 5.47. The van der Waals surface area contributed by atoms with Crippen LogP contribution in [0.1, 0.15) is 22.7 Å². The lowest BCUT2D eigenvalue weighted by Crippen LogP contribution is -2.25. The van der Waals surface area contributed by atoms with E-state index in [0.29, 0.717) is 6.54 Å². The Morgan fingerprint density at radius 2 is 2.00 bits per heavy atom. The SMILES string of the molecule is Fc1cccc(CNC2c3ccccc3CC2Cl)c1. The van der Waals surface area contributed by atoms with E-state index < -0.39 is 0 Å². The Kier molecular flexibility index (Phi) is 3.54. The van der Waals surface area contributed by atoms with Gasteiger partial charge in [-0.2, -0.15) is 0 Å². The van der Waals surface area contributed by atoms with Crippen molar-refractivity contribution in [2.45, 2.75) is 24.4 Å². The van der Waals surface area contributed by atoms with Crippen LogP contribution in [0.2, 0.25) is 0 Å². The smallest absolute Gasteiger partial charge is 0.123 e. The summed E-state index contributed by atoms with van der Waals surface area (Å²) in [6.07, 6.45) is 0.887. The van der Waals surface area contributed by atoms with Gasteiger partial charge in [-0.3, -0.25) is 0 Å². The van der Waals surface area contributed by atoms with Gasteiger partial charge in [0.2, 0.25) is 0 Å². The molecule has 1 N–H and O–H groups in total. The van der Waals surface area contributed by atoms with Crippen molar-refractivity contribution in [1.82, 2.24) is 5.32 Å². The Morgan fingerprint density at radius 1 is 1.16 bits per heavy atom. The average molecular weight is 276 g/mol. The van der Waals surface area contributed by atoms with E-state index in [9.17, 15) is 4.39 Å². The Balaban J connectivity index is 1.74. The average Bonchev–Trinajstić information content (AvgIpc) is 2.72. The minimum absolute atomic E-state index is 0.0611. The first-order chi connectivity index (χ1) is 9.24. The Labute approximate surface area is 117 Å². The molecule has 0 bridgehead atoms. The second kappa shape index (κ2) is 5.32. The van der Waals surface area contributed by atoms with E-state index in [1.807, 2.05) is 18.2 Å². The maximum Gasteiger partial charge on any atom is 0.123 e. The lowest BCUT2D eigenvalue weighted by molar-refractivity contribution is 0.533. The molecule has 1 nitrogen and oxygen atoms in total. The highest BCUT2D eigenvalue weighted by molar-refractivity contribution is 6.21. The van der Waals surface area contributed by atoms with Gasteiger partial charge in [0.05, 0.1) is 5.38 Å². The standard InChI is InChI=1S/C16H15ClFN/c17-15-9-12-5-1-2-7-14(12)16(15)19-10-11-4-3-6-13(18)8-11/h1-8,15-16,19H,9-10H2. The van der Waals surface area contributed by atoms with E-state index >= 15 is 0 Å². The first-order valence-electron chi connectivity index (χ1n) is 6.44. The molecule has 98 valence electrons. The fourth-order valence-electron chi connectivity index (χ4n) is 2.66. The molecule has 2 atom stereocenters. The Morgan fingerprint density at radius 3 is 2.84 bits per heavy atom. The molecule has 1 aliphatic rings. The Hall–Kier alpha value is -1.38. The number of rotatable bonds is 3. The number of hydrogen-bond donors (Lipinski definition) is 1. The van der Waals surface area contributed by atoms with Gasteiger partial charge in [-0.1, -0.05) is 36.4 Å². The molecule has 0 saturated carbocycles. The Bertz CT molecular complexity index is 584. The van der Waals surface area contributed by atoms with Crippen LogP contribution in [0.25, 0.3) is 0 Å². The minimum atomic E-state index is -0.200. The van der Waals surface area contributed by atoms with Gasteiger partial charge < -0.3 is 5.32 Å². The van der Waals surface area contributed by atoms with Crippen LogP contribution in [-0.4, -0.2) is 5.38 Å². The third-order valence-electron chi connectivity index (χ3n) is 3.58. The van der Waals surface area contributed by atoms with Crippen LogP contribution >= 0.6 is 11.6 Å². The minimum Gasteiger partial charge on any atom is -0.305 e. The van der Waals surface area contributed by atoms with Gasteiger partial charge in [0, 0.05) is 12.6 Å². The summed E-state index contributed by atoms with van der Waals surface area (Å²) >= 11 is 6.40. The highest BCUT2D eigenvalue weighted by Gasteiger charge is 2.30. The molecular weight excluding hydrogens is 261 g/mol. The molecule has 3 rings (SSSR count). The van der Waals surface area contributed by atoms with E-state index in [0.717, 1.165) is 12.0 Å². The highest BCUT2D eigenvalue weighted by atomic mass is 35.5. The summed E-state index contributed by atoms with van der Waals surface area (Å²) in [6.45, 7) is 0.625.